The third-order valence-electron chi connectivity index (χ3n) is 2.83. The molecular weight excluding hydrogens is 215 g/mol. The fraction of sp³-hybridized carbons (Fsp3) is 0.900. The summed E-state index contributed by atoms with van der Waals surface area (Å²) in [5.74, 6) is 0. The Bertz CT molecular complexity index is 248. The van der Waals surface area contributed by atoms with Crippen molar-refractivity contribution >= 4 is 13.9 Å². The molecule has 88 valence electrons. The van der Waals surface area contributed by atoms with Gasteiger partial charge in [0.25, 0.3) is 0 Å². The zero-order chi connectivity index (χ0) is 11.4. The van der Waals surface area contributed by atoms with Crippen molar-refractivity contribution in [2.75, 3.05) is 13.2 Å². The predicted molar refractivity (Wildman–Crippen MR) is 58.1 cm³/mol. The molecule has 0 aromatic rings. The number of carbonyl (C=O) groups is 1. The Labute approximate surface area is 90.9 Å². The number of rotatable bonds is 6. The summed E-state index contributed by atoms with van der Waals surface area (Å²) in [4.78, 5) is 11.2. The van der Waals surface area contributed by atoms with E-state index in [9.17, 15) is 9.36 Å². The molecule has 15 heavy (non-hydrogen) atoms. The maximum absolute atomic E-state index is 12.5. The Morgan fingerprint density at radius 2 is 1.67 bits per heavy atom. The minimum Gasteiger partial charge on any atom is -0.308 e. The first kappa shape index (κ1) is 12.9. The van der Waals surface area contributed by atoms with Crippen LogP contribution in [0.25, 0.3) is 0 Å². The van der Waals surface area contributed by atoms with Crippen LogP contribution in [0.15, 0.2) is 0 Å². The zero-order valence-electron chi connectivity index (χ0n) is 9.40. The molecule has 1 aliphatic carbocycles. The Hall–Kier alpha value is -0.180. The fourth-order valence-corrected chi connectivity index (χ4v) is 4.34. The summed E-state index contributed by atoms with van der Waals surface area (Å²) in [6.07, 6.45) is 3.86. The van der Waals surface area contributed by atoms with Gasteiger partial charge in [-0.2, -0.15) is 0 Å². The minimum absolute atomic E-state index is 0.312. The van der Waals surface area contributed by atoms with Gasteiger partial charge in [-0.3, -0.25) is 4.57 Å². The van der Waals surface area contributed by atoms with Crippen LogP contribution in [0, 0.1) is 0 Å². The van der Waals surface area contributed by atoms with E-state index in [2.05, 4.69) is 0 Å². The Kier molecular flexibility index (Phi) is 4.50. The molecule has 0 spiro atoms. The number of hydrogen-bond donors (Lipinski definition) is 0. The molecule has 0 bridgehead atoms. The molecule has 1 fully saturated rings. The molecule has 0 aromatic heterocycles. The van der Waals surface area contributed by atoms with Crippen molar-refractivity contribution in [3.63, 3.8) is 0 Å². The summed E-state index contributed by atoms with van der Waals surface area (Å²) in [6.45, 7) is 4.15. The topological polar surface area (TPSA) is 52.6 Å². The minimum atomic E-state index is -3.27. The molecule has 0 aliphatic heterocycles. The van der Waals surface area contributed by atoms with Crippen LogP contribution in [0.2, 0.25) is 0 Å². The molecule has 1 aliphatic rings. The maximum Gasteiger partial charge on any atom is 0.343 e. The predicted octanol–water partition coefficient (Wildman–Crippen LogP) is 2.76. The average molecular weight is 234 g/mol. The van der Waals surface area contributed by atoms with Crippen molar-refractivity contribution in [3.05, 3.63) is 0 Å². The van der Waals surface area contributed by atoms with Crippen LogP contribution in [0.5, 0.6) is 0 Å². The van der Waals surface area contributed by atoms with E-state index in [1.165, 1.54) is 0 Å². The number of aldehydes is 1. The van der Waals surface area contributed by atoms with Crippen LogP contribution in [0.4, 0.5) is 0 Å². The molecule has 4 nitrogen and oxygen atoms in total. The second-order valence-electron chi connectivity index (χ2n) is 3.76. The quantitative estimate of drug-likeness (QED) is 0.523. The van der Waals surface area contributed by atoms with Gasteiger partial charge in [-0.05, 0) is 26.7 Å². The van der Waals surface area contributed by atoms with Gasteiger partial charge in [-0.1, -0.05) is 12.8 Å². The molecule has 0 amide bonds. The molecule has 1 rings (SSSR count). The van der Waals surface area contributed by atoms with Crippen molar-refractivity contribution in [1.29, 1.82) is 0 Å². The van der Waals surface area contributed by atoms with Gasteiger partial charge in [0.15, 0.2) is 0 Å². The monoisotopic (exact) mass is 234 g/mol. The first-order valence-corrected chi connectivity index (χ1v) is 7.04. The van der Waals surface area contributed by atoms with Crippen molar-refractivity contribution in [2.24, 2.45) is 0 Å². The lowest BCUT2D eigenvalue weighted by molar-refractivity contribution is -0.110. The van der Waals surface area contributed by atoms with Crippen LogP contribution in [-0.4, -0.2) is 24.7 Å². The highest BCUT2D eigenvalue weighted by Crippen LogP contribution is 2.64. The fourth-order valence-electron chi connectivity index (χ4n) is 2.08. The highest BCUT2D eigenvalue weighted by Gasteiger charge is 2.52. The first-order chi connectivity index (χ1) is 7.14. The van der Waals surface area contributed by atoms with E-state index in [4.69, 9.17) is 9.05 Å². The van der Waals surface area contributed by atoms with Gasteiger partial charge in [0, 0.05) is 0 Å². The van der Waals surface area contributed by atoms with E-state index in [0.717, 1.165) is 19.1 Å². The molecule has 0 unspecified atom stereocenters. The standard InChI is InChI=1S/C10H19O4P/c1-3-13-15(12,14-4-2)10(9-11)7-5-6-8-10/h9H,3-8H2,1-2H3. The van der Waals surface area contributed by atoms with E-state index >= 15 is 0 Å². The second kappa shape index (κ2) is 5.24. The Morgan fingerprint density at radius 1 is 1.20 bits per heavy atom. The maximum atomic E-state index is 12.5. The zero-order valence-corrected chi connectivity index (χ0v) is 10.3. The number of carbonyl (C=O) groups excluding carboxylic acids is 1. The summed E-state index contributed by atoms with van der Waals surface area (Å²) >= 11 is 0. The highest BCUT2D eigenvalue weighted by atomic mass is 31.2. The van der Waals surface area contributed by atoms with Crippen molar-refractivity contribution < 1.29 is 18.4 Å². The van der Waals surface area contributed by atoms with Crippen molar-refractivity contribution in [1.82, 2.24) is 0 Å². The van der Waals surface area contributed by atoms with Crippen LogP contribution >= 0.6 is 7.60 Å². The molecule has 0 N–H and O–H groups in total. The summed E-state index contributed by atoms with van der Waals surface area (Å²) in [5, 5.41) is -0.876. The molecular formula is C10H19O4P. The number of hydrogen-bond acceptors (Lipinski definition) is 4. The van der Waals surface area contributed by atoms with Crippen LogP contribution in [-0.2, 0) is 18.4 Å². The van der Waals surface area contributed by atoms with Crippen molar-refractivity contribution in [3.8, 4) is 0 Å². The summed E-state index contributed by atoms with van der Waals surface area (Å²) in [5.41, 5.74) is 0. The summed E-state index contributed by atoms with van der Waals surface area (Å²) in [6, 6.07) is 0. The van der Waals surface area contributed by atoms with Gasteiger partial charge in [-0.25, -0.2) is 0 Å². The average Bonchev–Trinajstić information content (AvgIpc) is 2.68. The molecule has 0 saturated heterocycles. The van der Waals surface area contributed by atoms with Crippen LogP contribution in [0.3, 0.4) is 0 Å². The van der Waals surface area contributed by atoms with E-state index < -0.39 is 12.8 Å². The highest BCUT2D eigenvalue weighted by molar-refractivity contribution is 7.56. The molecule has 5 heteroatoms. The van der Waals surface area contributed by atoms with Crippen LogP contribution < -0.4 is 0 Å². The SMILES string of the molecule is CCOP(=O)(OCC)C1(C=O)CCCC1. The first-order valence-electron chi connectivity index (χ1n) is 5.49. The largest absolute Gasteiger partial charge is 0.343 e. The van der Waals surface area contributed by atoms with E-state index in [1.807, 2.05) is 0 Å². The smallest absolute Gasteiger partial charge is 0.308 e. The molecule has 0 aromatic carbocycles. The molecule has 0 heterocycles. The Morgan fingerprint density at radius 3 is 2.00 bits per heavy atom. The molecule has 0 atom stereocenters. The normalized spacial score (nSPS) is 20.4. The second-order valence-corrected chi connectivity index (χ2v) is 6.16. The van der Waals surface area contributed by atoms with Gasteiger partial charge in [0.05, 0.1) is 13.2 Å². The summed E-state index contributed by atoms with van der Waals surface area (Å²) in [7, 11) is -3.27. The van der Waals surface area contributed by atoms with Gasteiger partial charge in [-0.15, -0.1) is 0 Å². The van der Waals surface area contributed by atoms with E-state index in [0.29, 0.717) is 26.1 Å². The molecule has 0 radical (unpaired) electrons. The van der Waals surface area contributed by atoms with Gasteiger partial charge < -0.3 is 13.8 Å². The van der Waals surface area contributed by atoms with Gasteiger partial charge >= 0.3 is 7.60 Å². The summed E-state index contributed by atoms with van der Waals surface area (Å²) < 4.78 is 23.0. The van der Waals surface area contributed by atoms with Crippen LogP contribution in [0.1, 0.15) is 39.5 Å². The van der Waals surface area contributed by atoms with Gasteiger partial charge in [0.2, 0.25) is 0 Å². The van der Waals surface area contributed by atoms with E-state index in [-0.39, 0.29) is 0 Å². The lowest BCUT2D eigenvalue weighted by Gasteiger charge is -2.30. The van der Waals surface area contributed by atoms with Gasteiger partial charge in [0.1, 0.15) is 11.4 Å². The Balaban J connectivity index is 2.94. The third-order valence-corrected chi connectivity index (χ3v) is 5.67. The molecule has 1 saturated carbocycles. The van der Waals surface area contributed by atoms with Crippen molar-refractivity contribution in [2.45, 2.75) is 44.7 Å². The van der Waals surface area contributed by atoms with E-state index in [1.54, 1.807) is 13.8 Å². The lowest BCUT2D eigenvalue weighted by Crippen LogP contribution is -2.29. The third kappa shape index (κ3) is 2.32. The lowest BCUT2D eigenvalue weighted by atomic mass is 10.1.